The molecular weight excluding hydrogens is 300 g/mol. The molecule has 0 unspecified atom stereocenters. The molecule has 1 aliphatic rings. The van der Waals surface area contributed by atoms with Crippen molar-refractivity contribution in [1.29, 1.82) is 0 Å². The number of benzene rings is 1. The van der Waals surface area contributed by atoms with Crippen LogP contribution >= 0.6 is 0 Å². The van der Waals surface area contributed by atoms with E-state index in [-0.39, 0.29) is 11.8 Å². The van der Waals surface area contributed by atoms with E-state index in [2.05, 4.69) is 38.8 Å². The Hall–Kier alpha value is -2.14. The first kappa shape index (κ1) is 16.7. The van der Waals surface area contributed by atoms with Crippen molar-refractivity contribution in [3.05, 3.63) is 48.0 Å². The molecule has 0 atom stereocenters. The van der Waals surface area contributed by atoms with Crippen LogP contribution in [0.1, 0.15) is 31.2 Å². The lowest BCUT2D eigenvalue weighted by atomic mass is 9.95. The van der Waals surface area contributed by atoms with Gasteiger partial charge >= 0.3 is 0 Å². The second-order valence-electron chi connectivity index (χ2n) is 6.54. The number of aryl methyl sites for hydroxylation is 2. The number of aromatic nitrogens is 2. The fourth-order valence-electron chi connectivity index (χ4n) is 3.17. The van der Waals surface area contributed by atoms with Crippen molar-refractivity contribution in [2.24, 2.45) is 13.0 Å². The third kappa shape index (κ3) is 4.03. The van der Waals surface area contributed by atoms with E-state index in [0.29, 0.717) is 0 Å². The third-order valence-electron chi connectivity index (χ3n) is 4.87. The Kier molecular flexibility index (Phi) is 5.30. The van der Waals surface area contributed by atoms with Gasteiger partial charge in [-0.2, -0.15) is 0 Å². The monoisotopic (exact) mass is 326 g/mol. The average Bonchev–Trinajstić information content (AvgIpc) is 3.01. The summed E-state index contributed by atoms with van der Waals surface area (Å²) in [4.78, 5) is 19.2. The molecule has 3 rings (SSSR count). The van der Waals surface area contributed by atoms with Crippen LogP contribution in [0.4, 0.5) is 5.69 Å². The molecule has 0 spiro atoms. The van der Waals surface area contributed by atoms with Crippen molar-refractivity contribution in [2.75, 3.05) is 18.4 Å². The highest BCUT2D eigenvalue weighted by molar-refractivity contribution is 5.92. The van der Waals surface area contributed by atoms with Gasteiger partial charge in [0.1, 0.15) is 5.82 Å². The van der Waals surface area contributed by atoms with Crippen molar-refractivity contribution in [3.63, 3.8) is 0 Å². The van der Waals surface area contributed by atoms with Crippen LogP contribution in [0.2, 0.25) is 0 Å². The summed E-state index contributed by atoms with van der Waals surface area (Å²) >= 11 is 0. The number of carbonyl (C=O) groups is 1. The topological polar surface area (TPSA) is 50.2 Å². The molecule has 128 valence electrons. The van der Waals surface area contributed by atoms with Gasteiger partial charge in [0.15, 0.2) is 0 Å². The lowest BCUT2D eigenvalue weighted by molar-refractivity contribution is -0.121. The smallest absolute Gasteiger partial charge is 0.227 e. The molecule has 24 heavy (non-hydrogen) atoms. The van der Waals surface area contributed by atoms with Crippen LogP contribution in [0, 0.1) is 5.92 Å². The summed E-state index contributed by atoms with van der Waals surface area (Å²) in [5, 5.41) is 3.06. The molecular formula is C19H26N4O. The Labute approximate surface area is 143 Å². The van der Waals surface area contributed by atoms with E-state index in [9.17, 15) is 4.79 Å². The van der Waals surface area contributed by atoms with Crippen LogP contribution in [0.3, 0.4) is 0 Å². The van der Waals surface area contributed by atoms with Gasteiger partial charge in [-0.25, -0.2) is 4.98 Å². The number of piperidine rings is 1. The maximum absolute atomic E-state index is 12.5. The largest absolute Gasteiger partial charge is 0.337 e. The molecule has 5 heteroatoms. The Bertz CT molecular complexity index is 669. The Balaban J connectivity index is 1.48. The molecule has 2 aromatic rings. The maximum Gasteiger partial charge on any atom is 0.227 e. The van der Waals surface area contributed by atoms with Crippen molar-refractivity contribution in [2.45, 2.75) is 32.7 Å². The minimum atomic E-state index is 0.105. The van der Waals surface area contributed by atoms with Crippen LogP contribution < -0.4 is 5.32 Å². The van der Waals surface area contributed by atoms with E-state index in [4.69, 9.17) is 0 Å². The second-order valence-corrected chi connectivity index (χ2v) is 6.54. The number of anilines is 1. The predicted octanol–water partition coefficient (Wildman–Crippen LogP) is 2.83. The molecule has 1 aliphatic heterocycles. The van der Waals surface area contributed by atoms with Crippen molar-refractivity contribution in [1.82, 2.24) is 14.5 Å². The van der Waals surface area contributed by atoms with Crippen molar-refractivity contribution < 1.29 is 4.79 Å². The zero-order valence-corrected chi connectivity index (χ0v) is 14.5. The Morgan fingerprint density at radius 2 is 1.96 bits per heavy atom. The zero-order chi connectivity index (χ0) is 16.9. The van der Waals surface area contributed by atoms with Gasteiger partial charge < -0.3 is 9.88 Å². The number of likely N-dealkylation sites (tertiary alicyclic amines) is 1. The first-order valence-electron chi connectivity index (χ1n) is 8.74. The molecule has 2 heterocycles. The molecule has 5 nitrogen and oxygen atoms in total. The van der Waals surface area contributed by atoms with Gasteiger partial charge in [-0.05, 0) is 50.0 Å². The van der Waals surface area contributed by atoms with Gasteiger partial charge in [0.05, 0.1) is 6.54 Å². The number of hydrogen-bond acceptors (Lipinski definition) is 3. The number of nitrogens with zero attached hydrogens (tertiary/aromatic N) is 3. The van der Waals surface area contributed by atoms with Crippen LogP contribution in [-0.4, -0.2) is 33.4 Å². The molecule has 0 saturated carbocycles. The van der Waals surface area contributed by atoms with Gasteiger partial charge in [0.2, 0.25) is 5.91 Å². The normalized spacial score (nSPS) is 16.2. The number of nitrogens with one attached hydrogen (secondary N) is 1. The summed E-state index contributed by atoms with van der Waals surface area (Å²) in [5.74, 6) is 1.33. The first-order valence-corrected chi connectivity index (χ1v) is 8.74. The second kappa shape index (κ2) is 7.62. The summed E-state index contributed by atoms with van der Waals surface area (Å²) in [6, 6.07) is 8.13. The maximum atomic E-state index is 12.5. The van der Waals surface area contributed by atoms with Gasteiger partial charge in [-0.3, -0.25) is 9.69 Å². The molecule has 0 radical (unpaired) electrons. The summed E-state index contributed by atoms with van der Waals surface area (Å²) in [7, 11) is 2.02. The standard InChI is InChI=1S/C19H26N4O/c1-3-15-4-6-17(7-5-15)21-19(24)16-8-11-23(12-9-16)14-18-20-10-13-22(18)2/h4-7,10,13,16H,3,8-9,11-12,14H2,1-2H3,(H,21,24). The van der Waals surface area contributed by atoms with Gasteiger partial charge in [-0.1, -0.05) is 19.1 Å². The lowest BCUT2D eigenvalue weighted by Crippen LogP contribution is -2.38. The van der Waals surface area contributed by atoms with Gasteiger partial charge in [0.25, 0.3) is 0 Å². The number of imidazole rings is 1. The van der Waals surface area contributed by atoms with E-state index in [1.807, 2.05) is 31.6 Å². The summed E-state index contributed by atoms with van der Waals surface area (Å²) in [5.41, 5.74) is 2.18. The van der Waals surface area contributed by atoms with E-state index in [1.165, 1.54) is 5.56 Å². The minimum Gasteiger partial charge on any atom is -0.337 e. The predicted molar refractivity (Wildman–Crippen MR) is 95.7 cm³/mol. The van der Waals surface area contributed by atoms with Crippen LogP contribution in [0.5, 0.6) is 0 Å². The van der Waals surface area contributed by atoms with Gasteiger partial charge in [-0.15, -0.1) is 0 Å². The Morgan fingerprint density at radius 1 is 1.25 bits per heavy atom. The lowest BCUT2D eigenvalue weighted by Gasteiger charge is -2.30. The molecule has 1 N–H and O–H groups in total. The summed E-state index contributed by atoms with van der Waals surface area (Å²) < 4.78 is 2.05. The number of rotatable bonds is 5. The summed E-state index contributed by atoms with van der Waals surface area (Å²) in [6.45, 7) is 4.88. The molecule has 1 fully saturated rings. The fourth-order valence-corrected chi connectivity index (χ4v) is 3.17. The van der Waals surface area contributed by atoms with Crippen molar-refractivity contribution >= 4 is 11.6 Å². The molecule has 1 saturated heterocycles. The van der Waals surface area contributed by atoms with E-state index in [0.717, 1.165) is 50.4 Å². The number of carbonyl (C=O) groups excluding carboxylic acids is 1. The SMILES string of the molecule is CCc1ccc(NC(=O)C2CCN(Cc3nccn3C)CC2)cc1. The number of amides is 1. The van der Waals surface area contributed by atoms with Crippen molar-refractivity contribution in [3.8, 4) is 0 Å². The molecule has 1 aromatic heterocycles. The van der Waals surface area contributed by atoms with E-state index < -0.39 is 0 Å². The first-order chi connectivity index (χ1) is 11.7. The van der Waals surface area contributed by atoms with Crippen LogP contribution in [0.15, 0.2) is 36.7 Å². The molecule has 0 bridgehead atoms. The third-order valence-corrected chi connectivity index (χ3v) is 4.87. The molecule has 1 aromatic carbocycles. The van der Waals surface area contributed by atoms with E-state index >= 15 is 0 Å². The van der Waals surface area contributed by atoms with Crippen LogP contribution in [-0.2, 0) is 24.8 Å². The number of hydrogen-bond donors (Lipinski definition) is 1. The van der Waals surface area contributed by atoms with Crippen LogP contribution in [0.25, 0.3) is 0 Å². The van der Waals surface area contributed by atoms with Gasteiger partial charge in [0, 0.05) is 31.0 Å². The van der Waals surface area contributed by atoms with E-state index in [1.54, 1.807) is 0 Å². The quantitative estimate of drug-likeness (QED) is 0.919. The zero-order valence-electron chi connectivity index (χ0n) is 14.5. The average molecular weight is 326 g/mol. The minimum absolute atomic E-state index is 0.105. The highest BCUT2D eigenvalue weighted by atomic mass is 16.1. The highest BCUT2D eigenvalue weighted by Crippen LogP contribution is 2.21. The fraction of sp³-hybridized carbons (Fsp3) is 0.474. The highest BCUT2D eigenvalue weighted by Gasteiger charge is 2.25. The molecule has 1 amide bonds. The summed E-state index contributed by atoms with van der Waals surface area (Å²) in [6.07, 6.45) is 6.63. The Morgan fingerprint density at radius 3 is 2.54 bits per heavy atom. The molecule has 0 aliphatic carbocycles.